The Bertz CT molecular complexity index is 1110. The van der Waals surface area contributed by atoms with Crippen LogP contribution in [-0.4, -0.2) is 19.9 Å². The van der Waals surface area contributed by atoms with Crippen LogP contribution < -0.4 is 5.69 Å². The molecule has 0 amide bonds. The second-order valence-electron chi connectivity index (χ2n) is 8.23. The van der Waals surface area contributed by atoms with Gasteiger partial charge >= 0.3 is 5.69 Å². The van der Waals surface area contributed by atoms with Gasteiger partial charge in [-0.15, -0.1) is 0 Å². The fraction of sp³-hybridized carbons (Fsp3) is 0.435. The molecule has 1 aromatic carbocycles. The molecule has 6 heteroatoms. The second-order valence-corrected chi connectivity index (χ2v) is 8.63. The molecular formula is C23H26ClN3O2. The van der Waals surface area contributed by atoms with Crippen molar-refractivity contribution >= 4 is 28.4 Å². The Morgan fingerprint density at radius 1 is 1.21 bits per heavy atom. The molecule has 4 rings (SSSR count). The number of imidazole rings is 1. The summed E-state index contributed by atoms with van der Waals surface area (Å²) < 4.78 is 3.47. The standard InChI is InChI=1S/C23H26ClN3O2/c1-15-12-17(10-11-25-15)13-21(28)18-8-6-16(7-9-18)14-27-20-5-3-4-19(24)22(20)26(2)23(27)29/h3-5,10-12,16,18H,6-9,13-14H2,1-2H3. The van der Waals surface area contributed by atoms with Gasteiger partial charge in [0.25, 0.3) is 0 Å². The summed E-state index contributed by atoms with van der Waals surface area (Å²) in [6.45, 7) is 2.63. The Labute approximate surface area is 175 Å². The van der Waals surface area contributed by atoms with Crippen molar-refractivity contribution in [2.24, 2.45) is 18.9 Å². The quantitative estimate of drug-likeness (QED) is 0.628. The molecule has 0 spiro atoms. The molecule has 0 aliphatic heterocycles. The van der Waals surface area contributed by atoms with Gasteiger partial charge in [-0.1, -0.05) is 17.7 Å². The zero-order valence-corrected chi connectivity index (χ0v) is 17.7. The minimum Gasteiger partial charge on any atom is -0.299 e. The largest absolute Gasteiger partial charge is 0.328 e. The van der Waals surface area contributed by atoms with Crippen LogP contribution in [0, 0.1) is 18.8 Å². The van der Waals surface area contributed by atoms with E-state index < -0.39 is 0 Å². The number of rotatable bonds is 5. The number of carbonyl (C=O) groups excluding carboxylic acids is 1. The molecule has 2 heterocycles. The van der Waals surface area contributed by atoms with Crippen LogP contribution in [0.1, 0.15) is 36.9 Å². The summed E-state index contributed by atoms with van der Waals surface area (Å²) in [4.78, 5) is 29.6. The highest BCUT2D eigenvalue weighted by Gasteiger charge is 2.27. The molecule has 3 aromatic rings. The molecular weight excluding hydrogens is 386 g/mol. The number of hydrogen-bond donors (Lipinski definition) is 0. The average Bonchev–Trinajstić information content (AvgIpc) is 2.94. The molecule has 0 atom stereocenters. The van der Waals surface area contributed by atoms with Crippen LogP contribution in [0.25, 0.3) is 11.0 Å². The van der Waals surface area contributed by atoms with E-state index in [1.165, 1.54) is 0 Å². The minimum absolute atomic E-state index is 0.0284. The van der Waals surface area contributed by atoms with Crippen molar-refractivity contribution in [3.8, 4) is 0 Å². The number of ketones is 1. The maximum absolute atomic E-state index is 12.7. The third kappa shape index (κ3) is 4.01. The maximum atomic E-state index is 12.7. The van der Waals surface area contributed by atoms with Crippen LogP contribution in [-0.2, 0) is 24.8 Å². The lowest BCUT2D eigenvalue weighted by atomic mass is 9.79. The number of Topliss-reactive ketones (excluding diaryl/α,β-unsaturated/α-hetero) is 1. The second kappa shape index (κ2) is 8.15. The van der Waals surface area contributed by atoms with E-state index in [1.54, 1.807) is 17.8 Å². The third-order valence-corrected chi connectivity index (χ3v) is 6.50. The molecule has 1 saturated carbocycles. The fourth-order valence-electron chi connectivity index (χ4n) is 4.59. The lowest BCUT2D eigenvalue weighted by Crippen LogP contribution is -2.29. The number of nitrogens with zero attached hydrogens (tertiary/aromatic N) is 3. The van der Waals surface area contributed by atoms with Crippen molar-refractivity contribution in [1.29, 1.82) is 0 Å². The number of para-hydroxylation sites is 1. The first-order valence-electron chi connectivity index (χ1n) is 10.2. The van der Waals surface area contributed by atoms with Gasteiger partial charge in [0, 0.05) is 37.8 Å². The van der Waals surface area contributed by atoms with Gasteiger partial charge in [0.05, 0.1) is 16.1 Å². The van der Waals surface area contributed by atoms with Gasteiger partial charge in [-0.2, -0.15) is 0 Å². The first-order chi connectivity index (χ1) is 13.9. The van der Waals surface area contributed by atoms with Gasteiger partial charge in [0.2, 0.25) is 0 Å². The van der Waals surface area contributed by atoms with Crippen molar-refractivity contribution in [2.75, 3.05) is 0 Å². The molecule has 0 radical (unpaired) electrons. The zero-order valence-electron chi connectivity index (χ0n) is 16.9. The molecule has 0 N–H and O–H groups in total. The van der Waals surface area contributed by atoms with E-state index in [0.29, 0.717) is 29.7 Å². The monoisotopic (exact) mass is 411 g/mol. The van der Waals surface area contributed by atoms with E-state index in [0.717, 1.165) is 48.0 Å². The number of aryl methyl sites for hydroxylation is 2. The Balaban J connectivity index is 1.41. The zero-order chi connectivity index (χ0) is 20.5. The maximum Gasteiger partial charge on any atom is 0.328 e. The minimum atomic E-state index is -0.0284. The summed E-state index contributed by atoms with van der Waals surface area (Å²) in [5.41, 5.74) is 3.63. The van der Waals surface area contributed by atoms with Gasteiger partial charge < -0.3 is 0 Å². The van der Waals surface area contributed by atoms with E-state index in [2.05, 4.69) is 4.98 Å². The Morgan fingerprint density at radius 2 is 1.97 bits per heavy atom. The number of benzene rings is 1. The smallest absolute Gasteiger partial charge is 0.299 e. The Hall–Kier alpha value is -2.40. The summed E-state index contributed by atoms with van der Waals surface area (Å²) in [6.07, 6.45) is 5.98. The van der Waals surface area contributed by atoms with Gasteiger partial charge in [-0.05, 0) is 68.4 Å². The molecule has 152 valence electrons. The fourth-order valence-corrected chi connectivity index (χ4v) is 4.89. The normalized spacial score (nSPS) is 19.6. The molecule has 0 bridgehead atoms. The predicted molar refractivity (Wildman–Crippen MR) is 115 cm³/mol. The first kappa shape index (κ1) is 19.9. The molecule has 5 nitrogen and oxygen atoms in total. The van der Waals surface area contributed by atoms with E-state index in [4.69, 9.17) is 11.6 Å². The van der Waals surface area contributed by atoms with Gasteiger partial charge in [0.1, 0.15) is 5.78 Å². The summed E-state index contributed by atoms with van der Waals surface area (Å²) in [7, 11) is 1.77. The SMILES string of the molecule is Cc1cc(CC(=O)C2CCC(Cn3c(=O)n(C)c4c(Cl)cccc43)CC2)ccn1. The molecule has 1 aliphatic rings. The van der Waals surface area contributed by atoms with Crippen molar-refractivity contribution < 1.29 is 4.79 Å². The third-order valence-electron chi connectivity index (χ3n) is 6.19. The number of halogens is 1. The lowest BCUT2D eigenvalue weighted by Gasteiger charge is -2.28. The molecule has 29 heavy (non-hydrogen) atoms. The van der Waals surface area contributed by atoms with Crippen molar-refractivity contribution in [3.05, 3.63) is 63.3 Å². The van der Waals surface area contributed by atoms with Gasteiger partial charge in [-0.3, -0.25) is 18.9 Å². The van der Waals surface area contributed by atoms with Crippen LogP contribution in [0.5, 0.6) is 0 Å². The number of fused-ring (bicyclic) bond motifs is 1. The van der Waals surface area contributed by atoms with E-state index >= 15 is 0 Å². The molecule has 1 aliphatic carbocycles. The van der Waals surface area contributed by atoms with Crippen molar-refractivity contribution in [3.63, 3.8) is 0 Å². The number of aromatic nitrogens is 3. The number of pyridine rings is 1. The van der Waals surface area contributed by atoms with Crippen molar-refractivity contribution in [2.45, 2.75) is 45.6 Å². The topological polar surface area (TPSA) is 56.9 Å². The van der Waals surface area contributed by atoms with E-state index in [-0.39, 0.29) is 11.6 Å². The predicted octanol–water partition coefficient (Wildman–Crippen LogP) is 4.32. The molecule has 0 saturated heterocycles. The summed E-state index contributed by atoms with van der Waals surface area (Å²) in [5.74, 6) is 0.853. The van der Waals surface area contributed by atoms with Crippen molar-refractivity contribution in [1.82, 2.24) is 14.1 Å². The average molecular weight is 412 g/mol. The van der Waals surface area contributed by atoms with Crippen LogP contribution in [0.4, 0.5) is 0 Å². The number of hydrogen-bond acceptors (Lipinski definition) is 3. The summed E-state index contributed by atoms with van der Waals surface area (Å²) in [6, 6.07) is 9.57. The lowest BCUT2D eigenvalue weighted by molar-refractivity contribution is -0.123. The summed E-state index contributed by atoms with van der Waals surface area (Å²) in [5, 5.41) is 0.599. The van der Waals surface area contributed by atoms with Crippen LogP contribution in [0.15, 0.2) is 41.3 Å². The van der Waals surface area contributed by atoms with E-state index in [1.807, 2.05) is 41.8 Å². The highest BCUT2D eigenvalue weighted by Crippen LogP contribution is 2.32. The van der Waals surface area contributed by atoms with Gasteiger partial charge in [0.15, 0.2) is 0 Å². The highest BCUT2D eigenvalue weighted by atomic mass is 35.5. The van der Waals surface area contributed by atoms with E-state index in [9.17, 15) is 9.59 Å². The summed E-state index contributed by atoms with van der Waals surface area (Å²) >= 11 is 6.31. The van der Waals surface area contributed by atoms with Crippen LogP contribution in [0.3, 0.4) is 0 Å². The molecule has 0 unspecified atom stereocenters. The van der Waals surface area contributed by atoms with Crippen LogP contribution in [0.2, 0.25) is 5.02 Å². The van der Waals surface area contributed by atoms with Gasteiger partial charge in [-0.25, -0.2) is 4.79 Å². The number of carbonyl (C=O) groups is 1. The Kier molecular flexibility index (Phi) is 5.59. The molecule has 2 aromatic heterocycles. The molecule has 1 fully saturated rings. The first-order valence-corrected chi connectivity index (χ1v) is 10.6. The van der Waals surface area contributed by atoms with Crippen LogP contribution >= 0.6 is 11.6 Å². The highest BCUT2D eigenvalue weighted by molar-refractivity contribution is 6.35. The Morgan fingerprint density at radius 3 is 2.69 bits per heavy atom.